The zero-order chi connectivity index (χ0) is 16.5. The summed E-state index contributed by atoms with van der Waals surface area (Å²) in [5, 5.41) is 8.13. The average Bonchev–Trinajstić information content (AvgIpc) is 3.06. The topological polar surface area (TPSA) is 45.5 Å². The fraction of sp³-hybridized carbons (Fsp3) is 0.368. The van der Waals surface area contributed by atoms with E-state index in [1.807, 2.05) is 16.9 Å². The highest BCUT2D eigenvalue weighted by Gasteiger charge is 2.16. The van der Waals surface area contributed by atoms with E-state index in [4.69, 9.17) is 5.10 Å². The second kappa shape index (κ2) is 6.24. The first-order chi connectivity index (χ1) is 11.7. The van der Waals surface area contributed by atoms with Gasteiger partial charge in [0.15, 0.2) is 5.82 Å². The maximum absolute atomic E-state index is 4.75. The molecule has 1 aliphatic heterocycles. The zero-order valence-corrected chi connectivity index (χ0v) is 14.2. The minimum Gasteiger partial charge on any atom is -0.352 e. The van der Waals surface area contributed by atoms with E-state index in [9.17, 15) is 0 Å². The van der Waals surface area contributed by atoms with Crippen molar-refractivity contribution < 1.29 is 0 Å². The van der Waals surface area contributed by atoms with Gasteiger partial charge >= 0.3 is 0 Å². The standard InChI is InChI=1S/C19H23N5/c1-14(2)15-3-5-16(6-4-15)17-13-18-19(21-9-12-24(18)22-17)23-10-7-20-8-11-23/h3-6,9,12-14,20H,7-8,10-11H2,1-2H3. The van der Waals surface area contributed by atoms with E-state index in [-0.39, 0.29) is 0 Å². The number of nitrogens with one attached hydrogen (secondary N) is 1. The van der Waals surface area contributed by atoms with Gasteiger partial charge in [-0.05, 0) is 17.5 Å². The molecule has 24 heavy (non-hydrogen) atoms. The lowest BCUT2D eigenvalue weighted by molar-refractivity contribution is 0.585. The highest BCUT2D eigenvalue weighted by atomic mass is 15.3. The highest BCUT2D eigenvalue weighted by Crippen LogP contribution is 2.26. The second-order valence-electron chi connectivity index (χ2n) is 6.62. The van der Waals surface area contributed by atoms with E-state index in [0.29, 0.717) is 5.92 Å². The van der Waals surface area contributed by atoms with Crippen molar-refractivity contribution in [3.8, 4) is 11.3 Å². The second-order valence-corrected chi connectivity index (χ2v) is 6.62. The van der Waals surface area contributed by atoms with Crippen LogP contribution >= 0.6 is 0 Å². The maximum atomic E-state index is 4.75. The molecule has 2 aromatic heterocycles. The Balaban J connectivity index is 1.72. The Kier molecular flexibility index (Phi) is 3.94. The molecule has 0 saturated carbocycles. The van der Waals surface area contributed by atoms with Gasteiger partial charge in [0, 0.05) is 44.1 Å². The van der Waals surface area contributed by atoms with E-state index >= 15 is 0 Å². The molecule has 1 aromatic carbocycles. The van der Waals surface area contributed by atoms with Crippen molar-refractivity contribution in [1.29, 1.82) is 0 Å². The van der Waals surface area contributed by atoms with Crippen LogP contribution in [0, 0.1) is 0 Å². The Morgan fingerprint density at radius 2 is 1.83 bits per heavy atom. The van der Waals surface area contributed by atoms with Gasteiger partial charge in [-0.15, -0.1) is 0 Å². The van der Waals surface area contributed by atoms with Gasteiger partial charge in [-0.3, -0.25) is 0 Å². The van der Waals surface area contributed by atoms with E-state index in [0.717, 1.165) is 48.8 Å². The van der Waals surface area contributed by atoms with Gasteiger partial charge in [-0.1, -0.05) is 38.1 Å². The number of nitrogens with zero attached hydrogens (tertiary/aromatic N) is 4. The van der Waals surface area contributed by atoms with Gasteiger partial charge < -0.3 is 10.2 Å². The largest absolute Gasteiger partial charge is 0.352 e. The third kappa shape index (κ3) is 2.76. The zero-order valence-electron chi connectivity index (χ0n) is 14.2. The van der Waals surface area contributed by atoms with Crippen LogP contribution in [0.25, 0.3) is 16.8 Å². The smallest absolute Gasteiger partial charge is 0.154 e. The summed E-state index contributed by atoms with van der Waals surface area (Å²) in [6, 6.07) is 10.9. The molecule has 1 saturated heterocycles. The molecule has 0 amide bonds. The number of hydrogen-bond acceptors (Lipinski definition) is 4. The lowest BCUT2D eigenvalue weighted by Crippen LogP contribution is -2.44. The van der Waals surface area contributed by atoms with Gasteiger partial charge in [0.2, 0.25) is 0 Å². The van der Waals surface area contributed by atoms with Crippen molar-refractivity contribution in [1.82, 2.24) is 19.9 Å². The van der Waals surface area contributed by atoms with Gasteiger partial charge in [0.05, 0.1) is 5.69 Å². The summed E-state index contributed by atoms with van der Waals surface area (Å²) in [7, 11) is 0. The summed E-state index contributed by atoms with van der Waals surface area (Å²) in [5.41, 5.74) is 4.57. The number of anilines is 1. The predicted molar refractivity (Wildman–Crippen MR) is 97.6 cm³/mol. The number of aromatic nitrogens is 3. The molecule has 3 aromatic rings. The van der Waals surface area contributed by atoms with Crippen molar-refractivity contribution in [3.63, 3.8) is 0 Å². The fourth-order valence-electron chi connectivity index (χ4n) is 3.21. The Hall–Kier alpha value is -2.40. The van der Waals surface area contributed by atoms with Gasteiger partial charge in [-0.2, -0.15) is 5.10 Å². The van der Waals surface area contributed by atoms with Crippen LogP contribution in [0.5, 0.6) is 0 Å². The molecule has 3 heterocycles. The predicted octanol–water partition coefficient (Wildman–Crippen LogP) is 2.93. The number of benzene rings is 1. The SMILES string of the molecule is CC(C)c1ccc(-c2cc3c(N4CCNCC4)nccn3n2)cc1. The van der Waals surface area contributed by atoms with Crippen molar-refractivity contribution in [2.24, 2.45) is 0 Å². The van der Waals surface area contributed by atoms with Crippen LogP contribution < -0.4 is 10.2 Å². The Morgan fingerprint density at radius 3 is 2.54 bits per heavy atom. The summed E-state index contributed by atoms with van der Waals surface area (Å²) < 4.78 is 1.94. The summed E-state index contributed by atoms with van der Waals surface area (Å²) in [5.74, 6) is 1.57. The molecule has 0 aliphatic carbocycles. The lowest BCUT2D eigenvalue weighted by Gasteiger charge is -2.28. The monoisotopic (exact) mass is 321 g/mol. The molecule has 1 fully saturated rings. The van der Waals surface area contributed by atoms with E-state index in [2.05, 4.69) is 59.4 Å². The third-order valence-corrected chi connectivity index (χ3v) is 4.66. The molecule has 0 spiro atoms. The van der Waals surface area contributed by atoms with Crippen LogP contribution in [0.1, 0.15) is 25.3 Å². The van der Waals surface area contributed by atoms with Crippen LogP contribution in [0.4, 0.5) is 5.82 Å². The fourth-order valence-corrected chi connectivity index (χ4v) is 3.21. The summed E-state index contributed by atoms with van der Waals surface area (Å²) in [4.78, 5) is 6.94. The summed E-state index contributed by atoms with van der Waals surface area (Å²) >= 11 is 0. The van der Waals surface area contributed by atoms with Crippen LogP contribution in [0.15, 0.2) is 42.7 Å². The van der Waals surface area contributed by atoms with Crippen molar-refractivity contribution >= 4 is 11.3 Å². The molecule has 124 valence electrons. The molecule has 1 N–H and O–H groups in total. The number of fused-ring (bicyclic) bond motifs is 1. The molecule has 0 bridgehead atoms. The highest BCUT2D eigenvalue weighted by molar-refractivity contribution is 5.75. The first kappa shape index (κ1) is 15.1. The Bertz CT molecular complexity index is 829. The molecule has 0 radical (unpaired) electrons. The molecule has 4 rings (SSSR count). The van der Waals surface area contributed by atoms with Gasteiger partial charge in [-0.25, -0.2) is 9.50 Å². The van der Waals surface area contributed by atoms with Crippen LogP contribution in [0.2, 0.25) is 0 Å². The third-order valence-electron chi connectivity index (χ3n) is 4.66. The van der Waals surface area contributed by atoms with E-state index in [1.165, 1.54) is 5.56 Å². The first-order valence-electron chi connectivity index (χ1n) is 8.63. The van der Waals surface area contributed by atoms with Gasteiger partial charge in [0.1, 0.15) is 5.52 Å². The number of piperazine rings is 1. The molecule has 5 nitrogen and oxygen atoms in total. The van der Waals surface area contributed by atoms with E-state index in [1.54, 1.807) is 0 Å². The number of rotatable bonds is 3. The molecular formula is C19H23N5. The Labute approximate surface area is 142 Å². The average molecular weight is 321 g/mol. The van der Waals surface area contributed by atoms with E-state index < -0.39 is 0 Å². The minimum atomic E-state index is 0.545. The maximum Gasteiger partial charge on any atom is 0.154 e. The molecule has 5 heteroatoms. The summed E-state index contributed by atoms with van der Waals surface area (Å²) in [6.45, 7) is 8.39. The minimum absolute atomic E-state index is 0.545. The summed E-state index contributed by atoms with van der Waals surface area (Å²) in [6.07, 6.45) is 3.76. The molecule has 0 unspecified atom stereocenters. The Morgan fingerprint density at radius 1 is 1.08 bits per heavy atom. The normalized spacial score (nSPS) is 15.4. The molecular weight excluding hydrogens is 298 g/mol. The van der Waals surface area contributed by atoms with Crippen LogP contribution in [0.3, 0.4) is 0 Å². The van der Waals surface area contributed by atoms with Crippen molar-refractivity contribution in [2.45, 2.75) is 19.8 Å². The molecule has 1 aliphatic rings. The first-order valence-corrected chi connectivity index (χ1v) is 8.63. The molecule has 0 atom stereocenters. The van der Waals surface area contributed by atoms with Crippen molar-refractivity contribution in [3.05, 3.63) is 48.3 Å². The number of hydrogen-bond donors (Lipinski definition) is 1. The van der Waals surface area contributed by atoms with Crippen LogP contribution in [-0.4, -0.2) is 40.8 Å². The van der Waals surface area contributed by atoms with Crippen molar-refractivity contribution in [2.75, 3.05) is 31.1 Å². The lowest BCUT2D eigenvalue weighted by atomic mass is 10.0. The quantitative estimate of drug-likeness (QED) is 0.806. The van der Waals surface area contributed by atoms with Gasteiger partial charge in [0.25, 0.3) is 0 Å². The van der Waals surface area contributed by atoms with Crippen LogP contribution in [-0.2, 0) is 0 Å².